The Hall–Kier alpha value is -1.76. The van der Waals surface area contributed by atoms with Crippen LogP contribution in [0.2, 0.25) is 5.28 Å². The molecule has 0 amide bonds. The highest BCUT2D eigenvalue weighted by Gasteiger charge is 2.30. The number of alkyl halides is 3. The summed E-state index contributed by atoms with van der Waals surface area (Å²) in [7, 11) is 0. The summed E-state index contributed by atoms with van der Waals surface area (Å²) in [6.07, 6.45) is -4.45. The van der Waals surface area contributed by atoms with Crippen LogP contribution in [0.5, 0.6) is 6.01 Å². The number of benzene rings is 1. The molecule has 1 aromatic heterocycles. The SMILES string of the molecule is Oc1nc(Cl)n(-c2cccc(C(F)(F)F)c2)n1. The Morgan fingerprint density at radius 3 is 2.53 bits per heavy atom. The van der Waals surface area contributed by atoms with Crippen LogP contribution in [0.15, 0.2) is 24.3 Å². The first-order valence-electron chi connectivity index (χ1n) is 4.37. The highest BCUT2D eigenvalue weighted by molar-refractivity contribution is 6.28. The first-order chi connectivity index (χ1) is 7.88. The molecule has 1 aromatic carbocycles. The minimum Gasteiger partial charge on any atom is -0.478 e. The van der Waals surface area contributed by atoms with Crippen LogP contribution in [-0.4, -0.2) is 19.9 Å². The van der Waals surface area contributed by atoms with Gasteiger partial charge in [0, 0.05) is 0 Å². The lowest BCUT2D eigenvalue weighted by Gasteiger charge is -2.08. The van der Waals surface area contributed by atoms with Crippen LogP contribution in [0.4, 0.5) is 13.2 Å². The molecule has 0 unspecified atom stereocenters. The summed E-state index contributed by atoms with van der Waals surface area (Å²) in [6.45, 7) is 0. The maximum Gasteiger partial charge on any atom is 0.416 e. The van der Waals surface area contributed by atoms with Gasteiger partial charge in [0.15, 0.2) is 0 Å². The maximum absolute atomic E-state index is 12.5. The van der Waals surface area contributed by atoms with Crippen LogP contribution < -0.4 is 0 Å². The molecule has 2 rings (SSSR count). The summed E-state index contributed by atoms with van der Waals surface area (Å²) >= 11 is 5.59. The molecule has 0 saturated carbocycles. The zero-order chi connectivity index (χ0) is 12.6. The molecule has 8 heteroatoms. The van der Waals surface area contributed by atoms with Gasteiger partial charge in [-0.15, -0.1) is 5.10 Å². The summed E-state index contributed by atoms with van der Waals surface area (Å²) in [4.78, 5) is 3.37. The molecule has 2 aromatic rings. The Morgan fingerprint density at radius 1 is 1.29 bits per heavy atom. The van der Waals surface area contributed by atoms with Crippen LogP contribution in [0, 0.1) is 0 Å². The van der Waals surface area contributed by atoms with Crippen LogP contribution in [0.1, 0.15) is 5.56 Å². The van der Waals surface area contributed by atoms with Crippen molar-refractivity contribution in [1.29, 1.82) is 0 Å². The van der Waals surface area contributed by atoms with Gasteiger partial charge in [-0.1, -0.05) is 6.07 Å². The summed E-state index contributed by atoms with van der Waals surface area (Å²) in [5.41, 5.74) is -0.765. The van der Waals surface area contributed by atoms with Gasteiger partial charge in [0.25, 0.3) is 0 Å². The van der Waals surface area contributed by atoms with Crippen molar-refractivity contribution in [3.05, 3.63) is 35.1 Å². The Morgan fingerprint density at radius 2 is 2.00 bits per heavy atom. The zero-order valence-electron chi connectivity index (χ0n) is 8.11. The second kappa shape index (κ2) is 3.92. The van der Waals surface area contributed by atoms with E-state index in [0.29, 0.717) is 0 Å². The van der Waals surface area contributed by atoms with Crippen LogP contribution in [0.3, 0.4) is 0 Å². The van der Waals surface area contributed by atoms with Gasteiger partial charge in [-0.25, -0.2) is 0 Å². The van der Waals surface area contributed by atoms with E-state index in [1.165, 1.54) is 12.1 Å². The molecular formula is C9H5ClF3N3O. The van der Waals surface area contributed by atoms with Gasteiger partial charge in [-0.3, -0.25) is 0 Å². The second-order valence-corrected chi connectivity index (χ2v) is 3.48. The Labute approximate surface area is 98.3 Å². The Bertz CT molecular complexity index is 553. The average Bonchev–Trinajstić information content (AvgIpc) is 2.57. The Kier molecular flexibility index (Phi) is 2.70. The van der Waals surface area contributed by atoms with Gasteiger partial charge in [0.05, 0.1) is 11.3 Å². The van der Waals surface area contributed by atoms with Gasteiger partial charge in [-0.2, -0.15) is 22.8 Å². The van der Waals surface area contributed by atoms with Crippen molar-refractivity contribution in [1.82, 2.24) is 14.8 Å². The quantitative estimate of drug-likeness (QED) is 0.860. The molecule has 0 radical (unpaired) electrons. The number of aromatic hydroxyl groups is 1. The van der Waals surface area contributed by atoms with Gasteiger partial charge in [0.1, 0.15) is 0 Å². The topological polar surface area (TPSA) is 50.9 Å². The van der Waals surface area contributed by atoms with E-state index in [-0.39, 0.29) is 11.0 Å². The van der Waals surface area contributed by atoms with Crippen LogP contribution >= 0.6 is 11.6 Å². The average molecular weight is 264 g/mol. The predicted molar refractivity (Wildman–Crippen MR) is 53.0 cm³/mol. The molecule has 1 heterocycles. The van der Waals surface area contributed by atoms with Crippen molar-refractivity contribution in [2.24, 2.45) is 0 Å². The first-order valence-corrected chi connectivity index (χ1v) is 4.75. The molecule has 90 valence electrons. The van der Waals surface area contributed by atoms with Gasteiger partial charge in [0.2, 0.25) is 5.28 Å². The molecule has 4 nitrogen and oxygen atoms in total. The van der Waals surface area contributed by atoms with E-state index in [1.54, 1.807) is 0 Å². The van der Waals surface area contributed by atoms with Crippen molar-refractivity contribution >= 4 is 11.6 Å². The molecular weight excluding hydrogens is 259 g/mol. The minimum atomic E-state index is -4.45. The summed E-state index contributed by atoms with van der Waals surface area (Å²) in [5, 5.41) is 12.2. The number of rotatable bonds is 1. The smallest absolute Gasteiger partial charge is 0.416 e. The maximum atomic E-state index is 12.5. The zero-order valence-corrected chi connectivity index (χ0v) is 8.87. The van der Waals surface area contributed by atoms with Crippen molar-refractivity contribution < 1.29 is 18.3 Å². The number of halogens is 4. The molecule has 0 aliphatic rings. The van der Waals surface area contributed by atoms with Crippen molar-refractivity contribution in [3.63, 3.8) is 0 Å². The largest absolute Gasteiger partial charge is 0.478 e. The fourth-order valence-electron chi connectivity index (χ4n) is 1.26. The van der Waals surface area contributed by atoms with E-state index >= 15 is 0 Å². The molecule has 0 aliphatic heterocycles. The third-order valence-electron chi connectivity index (χ3n) is 1.97. The molecule has 0 aliphatic carbocycles. The standard InChI is InChI=1S/C9H5ClF3N3O/c10-7-14-8(17)15-16(7)6-3-1-2-5(4-6)9(11,12)13/h1-4H,(H,15,17). The fourth-order valence-corrected chi connectivity index (χ4v) is 1.47. The second-order valence-electron chi connectivity index (χ2n) is 3.14. The molecule has 0 saturated heterocycles. The summed E-state index contributed by atoms with van der Waals surface area (Å²) in [5.74, 6) is 0. The normalized spacial score (nSPS) is 11.8. The molecule has 0 spiro atoms. The lowest BCUT2D eigenvalue weighted by atomic mass is 10.2. The van der Waals surface area contributed by atoms with Crippen LogP contribution in [0.25, 0.3) is 5.69 Å². The van der Waals surface area contributed by atoms with E-state index < -0.39 is 17.8 Å². The Balaban J connectivity index is 2.50. The fraction of sp³-hybridized carbons (Fsp3) is 0.111. The molecule has 1 N–H and O–H groups in total. The van der Waals surface area contributed by atoms with Crippen LogP contribution in [-0.2, 0) is 6.18 Å². The molecule has 0 bridgehead atoms. The number of aromatic nitrogens is 3. The summed E-state index contributed by atoms with van der Waals surface area (Å²) < 4.78 is 38.3. The van der Waals surface area contributed by atoms with E-state index in [4.69, 9.17) is 16.7 Å². The van der Waals surface area contributed by atoms with Crippen molar-refractivity contribution in [2.75, 3.05) is 0 Å². The highest BCUT2D eigenvalue weighted by Crippen LogP contribution is 2.30. The minimum absolute atomic E-state index is 0.0672. The third-order valence-corrected chi connectivity index (χ3v) is 2.22. The van der Waals surface area contributed by atoms with Crippen molar-refractivity contribution in [2.45, 2.75) is 6.18 Å². The highest BCUT2D eigenvalue weighted by atomic mass is 35.5. The monoisotopic (exact) mass is 263 g/mol. The number of hydrogen-bond donors (Lipinski definition) is 1. The van der Waals surface area contributed by atoms with E-state index in [9.17, 15) is 13.2 Å². The molecule has 17 heavy (non-hydrogen) atoms. The van der Waals surface area contributed by atoms with E-state index in [0.717, 1.165) is 16.8 Å². The van der Waals surface area contributed by atoms with Gasteiger partial charge in [-0.05, 0) is 29.8 Å². The number of nitrogens with zero attached hydrogens (tertiary/aromatic N) is 3. The molecule has 0 atom stereocenters. The summed E-state index contributed by atoms with van der Waals surface area (Å²) in [6, 6.07) is 3.77. The van der Waals surface area contributed by atoms with Crippen molar-refractivity contribution in [3.8, 4) is 11.7 Å². The van der Waals surface area contributed by atoms with E-state index in [1.807, 2.05) is 0 Å². The number of hydrogen-bond acceptors (Lipinski definition) is 3. The molecule has 0 fully saturated rings. The van der Waals surface area contributed by atoms with E-state index in [2.05, 4.69) is 10.1 Å². The first kappa shape index (κ1) is 11.7. The lowest BCUT2D eigenvalue weighted by Crippen LogP contribution is -2.06. The van der Waals surface area contributed by atoms with Gasteiger partial charge < -0.3 is 5.11 Å². The third kappa shape index (κ3) is 2.33. The predicted octanol–water partition coefficient (Wildman–Crippen LogP) is 2.65. The lowest BCUT2D eigenvalue weighted by molar-refractivity contribution is -0.137. The van der Waals surface area contributed by atoms with Gasteiger partial charge >= 0.3 is 12.2 Å².